The minimum Gasteiger partial charge on any atom is -0.454 e. The van der Waals surface area contributed by atoms with E-state index in [9.17, 15) is 9.59 Å². The molecule has 2 aromatic carbocycles. The van der Waals surface area contributed by atoms with E-state index in [-0.39, 0.29) is 24.8 Å². The van der Waals surface area contributed by atoms with E-state index < -0.39 is 0 Å². The minimum atomic E-state index is -0.197. The quantitative estimate of drug-likeness (QED) is 0.420. The molecule has 2 aliphatic heterocycles. The number of pyridine rings is 1. The molecule has 1 saturated heterocycles. The number of nitrogens with zero attached hydrogens (tertiary/aromatic N) is 5. The third-order valence-electron chi connectivity index (χ3n) is 7.15. The van der Waals surface area contributed by atoms with E-state index in [1.165, 1.54) is 0 Å². The lowest BCUT2D eigenvalue weighted by molar-refractivity contribution is -0.133. The topological polar surface area (TPSA) is 81.8 Å². The van der Waals surface area contributed by atoms with E-state index in [2.05, 4.69) is 11.0 Å². The molecular formula is C28H29N5O4. The molecule has 0 N–H and O–H groups in total. The van der Waals surface area contributed by atoms with Gasteiger partial charge in [0, 0.05) is 44.2 Å². The van der Waals surface area contributed by atoms with E-state index in [0.717, 1.165) is 59.0 Å². The van der Waals surface area contributed by atoms with Crippen LogP contribution in [0.25, 0.3) is 16.7 Å². The highest BCUT2D eigenvalue weighted by atomic mass is 16.7. The van der Waals surface area contributed by atoms with E-state index in [1.54, 1.807) is 15.3 Å². The second-order valence-corrected chi connectivity index (χ2v) is 9.63. The zero-order chi connectivity index (χ0) is 25.5. The highest BCUT2D eigenvalue weighted by molar-refractivity contribution is 5.85. The zero-order valence-electron chi connectivity index (χ0n) is 21.0. The number of fused-ring (bicyclic) bond motifs is 2. The number of hydrogen-bond donors (Lipinski definition) is 0. The van der Waals surface area contributed by atoms with Crippen molar-refractivity contribution >= 4 is 16.9 Å². The van der Waals surface area contributed by atoms with Crippen molar-refractivity contribution in [3.05, 3.63) is 81.8 Å². The number of aromatic nitrogens is 3. The fraction of sp³-hybridized carbons (Fsp3) is 0.321. The van der Waals surface area contributed by atoms with Crippen LogP contribution in [0.2, 0.25) is 0 Å². The lowest BCUT2D eigenvalue weighted by atomic mass is 10.1. The van der Waals surface area contributed by atoms with Crippen LogP contribution in [0.4, 0.5) is 0 Å². The van der Waals surface area contributed by atoms with Gasteiger partial charge in [0.2, 0.25) is 12.7 Å². The van der Waals surface area contributed by atoms with Gasteiger partial charge in [-0.2, -0.15) is 5.10 Å². The predicted octanol–water partition coefficient (Wildman–Crippen LogP) is 2.88. The Labute approximate surface area is 214 Å². The maximum atomic E-state index is 13.4. The smallest absolute Gasteiger partial charge is 0.252 e. The lowest BCUT2D eigenvalue weighted by Gasteiger charge is -2.35. The molecule has 0 aliphatic carbocycles. The molecule has 190 valence electrons. The Kier molecular flexibility index (Phi) is 5.92. The maximum Gasteiger partial charge on any atom is 0.252 e. The van der Waals surface area contributed by atoms with Crippen LogP contribution in [0.3, 0.4) is 0 Å². The Bertz CT molecular complexity index is 1530. The largest absolute Gasteiger partial charge is 0.454 e. The molecular weight excluding hydrogens is 470 g/mol. The summed E-state index contributed by atoms with van der Waals surface area (Å²) in [7, 11) is 0. The first-order chi connectivity index (χ1) is 18.0. The highest BCUT2D eigenvalue weighted by Crippen LogP contribution is 2.33. The number of aryl methyl sites for hydroxylation is 2. The second-order valence-electron chi connectivity index (χ2n) is 9.63. The number of benzene rings is 2. The van der Waals surface area contributed by atoms with E-state index in [1.807, 2.05) is 61.2 Å². The van der Waals surface area contributed by atoms with Gasteiger partial charge in [-0.15, -0.1) is 0 Å². The molecule has 2 aromatic heterocycles. The van der Waals surface area contributed by atoms with Crippen LogP contribution in [0.15, 0.2) is 59.4 Å². The van der Waals surface area contributed by atoms with Crippen molar-refractivity contribution in [1.82, 2.24) is 24.1 Å². The molecule has 6 rings (SSSR count). The van der Waals surface area contributed by atoms with Gasteiger partial charge in [0.15, 0.2) is 11.5 Å². The first-order valence-corrected chi connectivity index (χ1v) is 12.5. The molecule has 2 aliphatic rings. The van der Waals surface area contributed by atoms with Crippen LogP contribution in [0.5, 0.6) is 11.5 Å². The molecule has 9 heteroatoms. The van der Waals surface area contributed by atoms with Gasteiger partial charge in [0.25, 0.3) is 5.56 Å². The summed E-state index contributed by atoms with van der Waals surface area (Å²) < 4.78 is 14.2. The molecule has 0 saturated carbocycles. The van der Waals surface area contributed by atoms with Crippen molar-refractivity contribution in [2.45, 2.75) is 26.9 Å². The van der Waals surface area contributed by atoms with E-state index in [0.29, 0.717) is 18.7 Å². The van der Waals surface area contributed by atoms with Gasteiger partial charge in [-0.05, 0) is 49.2 Å². The molecule has 0 bridgehead atoms. The van der Waals surface area contributed by atoms with E-state index >= 15 is 0 Å². The molecule has 37 heavy (non-hydrogen) atoms. The summed E-state index contributed by atoms with van der Waals surface area (Å²) in [5, 5.41) is 5.63. The van der Waals surface area contributed by atoms with Crippen molar-refractivity contribution in [3.8, 4) is 17.2 Å². The Balaban J connectivity index is 1.20. The average Bonchev–Trinajstić information content (AvgIpc) is 3.51. The first-order valence-electron chi connectivity index (χ1n) is 12.5. The minimum absolute atomic E-state index is 0.0181. The van der Waals surface area contributed by atoms with Gasteiger partial charge in [-0.25, -0.2) is 4.68 Å². The molecule has 1 amide bonds. The second kappa shape index (κ2) is 9.40. The lowest BCUT2D eigenvalue weighted by Crippen LogP contribution is -2.49. The molecule has 0 spiro atoms. The fourth-order valence-electron chi connectivity index (χ4n) is 5.26. The molecule has 1 fully saturated rings. The van der Waals surface area contributed by atoms with Gasteiger partial charge >= 0.3 is 0 Å². The Morgan fingerprint density at radius 1 is 0.946 bits per heavy atom. The van der Waals surface area contributed by atoms with Crippen molar-refractivity contribution < 1.29 is 14.3 Å². The summed E-state index contributed by atoms with van der Waals surface area (Å²) >= 11 is 0. The molecule has 9 nitrogen and oxygen atoms in total. The van der Waals surface area contributed by atoms with Crippen molar-refractivity contribution in [1.29, 1.82) is 0 Å². The monoisotopic (exact) mass is 499 g/mol. The van der Waals surface area contributed by atoms with Crippen LogP contribution in [-0.2, 0) is 17.9 Å². The number of ether oxygens (including phenoxy) is 2. The number of carbonyl (C=O) groups excluding carboxylic acids is 1. The number of carbonyl (C=O) groups is 1. The van der Waals surface area contributed by atoms with Crippen LogP contribution >= 0.6 is 0 Å². The summed E-state index contributed by atoms with van der Waals surface area (Å²) in [6.07, 6.45) is 0. The fourth-order valence-corrected chi connectivity index (χ4v) is 5.26. The van der Waals surface area contributed by atoms with Gasteiger partial charge in [-0.3, -0.25) is 19.1 Å². The SMILES string of the molecule is Cc1cc(=O)n(CC(=O)N2CCN(Cc3ccc4c(c3)OCO4)CC2)c2c1c(C)nn2-c1ccccc1. The number of para-hydroxylation sites is 1. The summed E-state index contributed by atoms with van der Waals surface area (Å²) in [5.41, 5.74) is 4.15. The van der Waals surface area contributed by atoms with Gasteiger partial charge in [0.05, 0.1) is 11.4 Å². The number of amides is 1. The Hall–Kier alpha value is -4.11. The van der Waals surface area contributed by atoms with Crippen LogP contribution in [-0.4, -0.2) is 63.0 Å². The molecule has 4 aromatic rings. The van der Waals surface area contributed by atoms with Crippen LogP contribution < -0.4 is 15.0 Å². The average molecular weight is 500 g/mol. The van der Waals surface area contributed by atoms with Crippen molar-refractivity contribution in [2.24, 2.45) is 0 Å². The molecule has 4 heterocycles. The molecule has 0 radical (unpaired) electrons. The van der Waals surface area contributed by atoms with Crippen molar-refractivity contribution in [3.63, 3.8) is 0 Å². The highest BCUT2D eigenvalue weighted by Gasteiger charge is 2.24. The van der Waals surface area contributed by atoms with Gasteiger partial charge in [0.1, 0.15) is 12.2 Å². The molecule has 0 unspecified atom stereocenters. The third kappa shape index (κ3) is 4.35. The summed E-state index contributed by atoms with van der Waals surface area (Å²) in [4.78, 5) is 30.7. The number of hydrogen-bond acceptors (Lipinski definition) is 6. The summed E-state index contributed by atoms with van der Waals surface area (Å²) in [5.74, 6) is 1.50. The predicted molar refractivity (Wildman–Crippen MR) is 139 cm³/mol. The van der Waals surface area contributed by atoms with Gasteiger partial charge < -0.3 is 14.4 Å². The zero-order valence-corrected chi connectivity index (χ0v) is 21.0. The Morgan fingerprint density at radius 3 is 2.49 bits per heavy atom. The van der Waals surface area contributed by atoms with Gasteiger partial charge in [-0.1, -0.05) is 24.3 Å². The Morgan fingerprint density at radius 2 is 1.70 bits per heavy atom. The number of piperazine rings is 1. The van der Waals surface area contributed by atoms with E-state index in [4.69, 9.17) is 14.6 Å². The summed E-state index contributed by atoms with van der Waals surface area (Å²) in [6, 6.07) is 17.3. The van der Waals surface area contributed by atoms with Crippen LogP contribution in [0.1, 0.15) is 16.8 Å². The summed E-state index contributed by atoms with van der Waals surface area (Å²) in [6.45, 7) is 7.64. The van der Waals surface area contributed by atoms with Crippen LogP contribution in [0, 0.1) is 13.8 Å². The first kappa shape index (κ1) is 23.3. The normalized spacial score (nSPS) is 15.5. The van der Waals surface area contributed by atoms with Crippen molar-refractivity contribution in [2.75, 3.05) is 33.0 Å². The molecule has 0 atom stereocenters. The maximum absolute atomic E-state index is 13.4. The number of rotatable bonds is 5. The standard InChI is InChI=1S/C28H29N5O4/c1-19-14-25(34)32(28-27(19)20(2)29-33(28)22-6-4-3-5-7-22)17-26(35)31-12-10-30(11-13-31)16-21-8-9-23-24(15-21)37-18-36-23/h3-9,14-15H,10-13,16-18H2,1-2H3. The third-order valence-corrected chi connectivity index (χ3v) is 7.15.